The fraction of sp³-hybridized carbons (Fsp3) is 0.261. The minimum absolute atomic E-state index is 0.194. The highest BCUT2D eigenvalue weighted by atomic mass is 19.1. The molecule has 4 rings (SSSR count). The lowest BCUT2D eigenvalue weighted by Crippen LogP contribution is -2.45. The Morgan fingerprint density at radius 2 is 2.12 bits per heavy atom. The van der Waals surface area contributed by atoms with Gasteiger partial charge in [0.15, 0.2) is 6.61 Å². The molecule has 2 heterocycles. The number of carbonyl (C=O) groups is 2. The zero-order valence-corrected chi connectivity index (χ0v) is 18.4. The first kappa shape index (κ1) is 22.9. The van der Waals surface area contributed by atoms with Crippen molar-refractivity contribution in [1.29, 1.82) is 0 Å². The number of hydrogen-bond acceptors (Lipinski definition) is 6. The summed E-state index contributed by atoms with van der Waals surface area (Å²) in [6.07, 6.45) is 1.25. The van der Waals surface area contributed by atoms with E-state index in [1.54, 1.807) is 19.2 Å². The number of fused-ring (bicyclic) bond motifs is 1. The number of halogens is 1. The van der Waals surface area contributed by atoms with Crippen molar-refractivity contribution in [2.75, 3.05) is 31.6 Å². The molecule has 0 atom stereocenters. The van der Waals surface area contributed by atoms with Crippen LogP contribution in [0.15, 0.2) is 48.5 Å². The number of rotatable bonds is 8. The van der Waals surface area contributed by atoms with Crippen LogP contribution < -0.4 is 9.64 Å². The zero-order chi connectivity index (χ0) is 24.2. The molecule has 0 aliphatic carbocycles. The SMILES string of the molecule is CN(CCCc1cc(-c2cccc(F)c2)n[nH]1)C(=O)CN1C(=O)COc2ccc([N+](=O)[O-])cc21. The second-order valence-corrected chi connectivity index (χ2v) is 7.89. The molecule has 34 heavy (non-hydrogen) atoms. The molecule has 0 radical (unpaired) electrons. The van der Waals surface area contributed by atoms with Gasteiger partial charge in [0, 0.05) is 37.0 Å². The third-order valence-corrected chi connectivity index (χ3v) is 5.51. The van der Waals surface area contributed by atoms with E-state index in [4.69, 9.17) is 4.74 Å². The van der Waals surface area contributed by atoms with Crippen LogP contribution in [-0.4, -0.2) is 58.6 Å². The van der Waals surface area contributed by atoms with Gasteiger partial charge in [-0.2, -0.15) is 5.10 Å². The summed E-state index contributed by atoms with van der Waals surface area (Å²) in [5, 5.41) is 18.2. The monoisotopic (exact) mass is 467 g/mol. The van der Waals surface area contributed by atoms with Gasteiger partial charge >= 0.3 is 0 Å². The summed E-state index contributed by atoms with van der Waals surface area (Å²) in [5.74, 6) is -0.776. The zero-order valence-electron chi connectivity index (χ0n) is 18.4. The van der Waals surface area contributed by atoms with Crippen LogP contribution in [0.3, 0.4) is 0 Å². The topological polar surface area (TPSA) is 122 Å². The minimum Gasteiger partial charge on any atom is -0.482 e. The fourth-order valence-electron chi connectivity index (χ4n) is 3.65. The van der Waals surface area contributed by atoms with Crippen LogP contribution in [0.25, 0.3) is 11.3 Å². The number of aryl methyl sites for hydroxylation is 1. The van der Waals surface area contributed by atoms with Crippen molar-refractivity contribution in [3.63, 3.8) is 0 Å². The third-order valence-electron chi connectivity index (χ3n) is 5.51. The smallest absolute Gasteiger partial charge is 0.271 e. The Bertz CT molecular complexity index is 1240. The van der Waals surface area contributed by atoms with E-state index in [1.165, 1.54) is 40.1 Å². The lowest BCUT2D eigenvalue weighted by Gasteiger charge is -2.30. The largest absolute Gasteiger partial charge is 0.482 e. The maximum Gasteiger partial charge on any atom is 0.271 e. The summed E-state index contributed by atoms with van der Waals surface area (Å²) in [7, 11) is 1.63. The number of nitro benzene ring substituents is 1. The van der Waals surface area contributed by atoms with E-state index in [0.29, 0.717) is 36.4 Å². The summed E-state index contributed by atoms with van der Waals surface area (Å²) >= 11 is 0. The average Bonchev–Trinajstić information content (AvgIpc) is 3.29. The Morgan fingerprint density at radius 3 is 2.88 bits per heavy atom. The molecule has 11 heteroatoms. The van der Waals surface area contributed by atoms with Crippen molar-refractivity contribution in [3.05, 3.63) is 70.2 Å². The Kier molecular flexibility index (Phi) is 6.53. The molecule has 2 amide bonds. The van der Waals surface area contributed by atoms with Crippen molar-refractivity contribution in [3.8, 4) is 17.0 Å². The maximum atomic E-state index is 13.4. The van der Waals surface area contributed by atoms with Crippen molar-refractivity contribution >= 4 is 23.2 Å². The van der Waals surface area contributed by atoms with Crippen LogP contribution in [0.2, 0.25) is 0 Å². The van der Waals surface area contributed by atoms with Crippen LogP contribution in [0.1, 0.15) is 12.1 Å². The molecule has 0 fully saturated rings. The number of benzene rings is 2. The number of hydrogen-bond donors (Lipinski definition) is 1. The molecule has 0 saturated heterocycles. The highest BCUT2D eigenvalue weighted by Crippen LogP contribution is 2.35. The molecule has 0 spiro atoms. The first-order valence-electron chi connectivity index (χ1n) is 10.6. The van der Waals surface area contributed by atoms with Gasteiger partial charge in [-0.25, -0.2) is 4.39 Å². The number of anilines is 1. The van der Waals surface area contributed by atoms with Gasteiger partial charge in [0.25, 0.3) is 11.6 Å². The molecule has 1 aliphatic heterocycles. The lowest BCUT2D eigenvalue weighted by molar-refractivity contribution is -0.384. The number of ether oxygens (including phenoxy) is 1. The number of H-pyrrole nitrogens is 1. The minimum atomic E-state index is -0.569. The molecule has 3 aromatic rings. The Labute approximate surface area is 194 Å². The molecule has 1 N–H and O–H groups in total. The molecule has 2 aromatic carbocycles. The Hall–Kier alpha value is -4.28. The molecule has 0 unspecified atom stereocenters. The molecule has 1 aromatic heterocycles. The summed E-state index contributed by atoms with van der Waals surface area (Å²) in [6, 6.07) is 11.9. The number of aromatic amines is 1. The van der Waals surface area contributed by atoms with E-state index in [1.807, 2.05) is 6.07 Å². The third kappa shape index (κ3) is 5.03. The van der Waals surface area contributed by atoms with Gasteiger partial charge in [-0.15, -0.1) is 0 Å². The number of nitro groups is 1. The molecule has 0 saturated carbocycles. The number of likely N-dealkylation sites (N-methyl/N-ethyl adjacent to an activating group) is 1. The molecule has 10 nitrogen and oxygen atoms in total. The van der Waals surface area contributed by atoms with Gasteiger partial charge in [-0.05, 0) is 37.1 Å². The van der Waals surface area contributed by atoms with Gasteiger partial charge in [-0.1, -0.05) is 12.1 Å². The number of aromatic nitrogens is 2. The van der Waals surface area contributed by atoms with Crippen LogP contribution in [0.4, 0.5) is 15.8 Å². The Balaban J connectivity index is 1.34. The van der Waals surface area contributed by atoms with Crippen LogP contribution in [0, 0.1) is 15.9 Å². The second-order valence-electron chi connectivity index (χ2n) is 7.89. The van der Waals surface area contributed by atoms with E-state index in [2.05, 4.69) is 10.2 Å². The van der Waals surface area contributed by atoms with E-state index < -0.39 is 10.8 Å². The highest BCUT2D eigenvalue weighted by molar-refractivity contribution is 6.02. The lowest BCUT2D eigenvalue weighted by atomic mass is 10.1. The fourth-order valence-corrected chi connectivity index (χ4v) is 3.65. The van der Waals surface area contributed by atoms with Gasteiger partial charge < -0.3 is 9.64 Å². The first-order chi connectivity index (χ1) is 16.3. The number of carbonyl (C=O) groups excluding carboxylic acids is 2. The van der Waals surface area contributed by atoms with Gasteiger partial charge in [0.2, 0.25) is 5.91 Å². The number of nitrogens with zero attached hydrogens (tertiary/aromatic N) is 4. The van der Waals surface area contributed by atoms with Crippen LogP contribution in [-0.2, 0) is 16.0 Å². The van der Waals surface area contributed by atoms with Gasteiger partial charge in [0.05, 0.1) is 16.3 Å². The first-order valence-corrected chi connectivity index (χ1v) is 10.6. The predicted octanol–water partition coefficient (Wildman–Crippen LogP) is 2.94. The van der Waals surface area contributed by atoms with Crippen molar-refractivity contribution < 1.29 is 23.6 Å². The predicted molar refractivity (Wildman–Crippen MR) is 121 cm³/mol. The van der Waals surface area contributed by atoms with Gasteiger partial charge in [-0.3, -0.25) is 29.7 Å². The summed E-state index contributed by atoms with van der Waals surface area (Å²) in [6.45, 7) is -0.0661. The van der Waals surface area contributed by atoms with Crippen LogP contribution >= 0.6 is 0 Å². The highest BCUT2D eigenvalue weighted by Gasteiger charge is 2.30. The van der Waals surface area contributed by atoms with E-state index in [-0.39, 0.29) is 36.3 Å². The quantitative estimate of drug-likeness (QED) is 0.402. The van der Waals surface area contributed by atoms with Crippen molar-refractivity contribution in [2.45, 2.75) is 12.8 Å². The number of nitrogens with one attached hydrogen (secondary N) is 1. The van der Waals surface area contributed by atoms with E-state index >= 15 is 0 Å². The second kappa shape index (κ2) is 9.69. The van der Waals surface area contributed by atoms with Crippen molar-refractivity contribution in [2.24, 2.45) is 0 Å². The Morgan fingerprint density at radius 1 is 1.29 bits per heavy atom. The summed E-state index contributed by atoms with van der Waals surface area (Å²) < 4.78 is 18.7. The molecule has 176 valence electrons. The molecule has 0 bridgehead atoms. The summed E-state index contributed by atoms with van der Waals surface area (Å²) in [4.78, 5) is 38.4. The van der Waals surface area contributed by atoms with E-state index in [0.717, 1.165) is 5.69 Å². The number of amides is 2. The molecular weight excluding hydrogens is 445 g/mol. The van der Waals surface area contributed by atoms with Crippen LogP contribution in [0.5, 0.6) is 5.75 Å². The standard InChI is InChI=1S/C23H22FN5O5/c1-27(9-3-6-17-11-19(26-25-17)15-4-2-5-16(24)10-15)22(30)13-28-20-12-18(29(32)33)7-8-21(20)34-14-23(28)31/h2,4-5,7-8,10-12H,3,6,9,13-14H2,1H3,(H,25,26). The van der Waals surface area contributed by atoms with E-state index in [9.17, 15) is 24.1 Å². The average molecular weight is 467 g/mol. The van der Waals surface area contributed by atoms with Crippen molar-refractivity contribution in [1.82, 2.24) is 15.1 Å². The molecule has 1 aliphatic rings. The summed E-state index contributed by atoms with van der Waals surface area (Å²) in [5.41, 5.74) is 2.17. The number of non-ortho nitro benzene ring substituents is 1. The van der Waals surface area contributed by atoms with Gasteiger partial charge in [0.1, 0.15) is 18.1 Å². The maximum absolute atomic E-state index is 13.4. The normalized spacial score (nSPS) is 12.8. The molecular formula is C23H22FN5O5.